The van der Waals surface area contributed by atoms with Crippen molar-refractivity contribution in [2.75, 3.05) is 13.1 Å². The Bertz CT molecular complexity index is 519. The van der Waals surface area contributed by atoms with E-state index in [4.69, 9.17) is 0 Å². The molecule has 0 saturated carbocycles. The van der Waals surface area contributed by atoms with Gasteiger partial charge in [-0.2, -0.15) is 0 Å². The van der Waals surface area contributed by atoms with Crippen LogP contribution in [0.15, 0.2) is 22.0 Å². The minimum atomic E-state index is -0.0733. The molecule has 1 fully saturated rings. The van der Waals surface area contributed by atoms with Crippen molar-refractivity contribution < 1.29 is 9.59 Å². The number of amides is 2. The highest BCUT2D eigenvalue weighted by Crippen LogP contribution is 2.22. The van der Waals surface area contributed by atoms with E-state index in [1.165, 1.54) is 0 Å². The molecule has 2 heterocycles. The van der Waals surface area contributed by atoms with Crippen LogP contribution in [0.5, 0.6) is 0 Å². The van der Waals surface area contributed by atoms with Crippen molar-refractivity contribution in [2.45, 2.75) is 25.8 Å². The number of nitrogens with zero attached hydrogens (tertiary/aromatic N) is 1. The van der Waals surface area contributed by atoms with Crippen LogP contribution in [0.25, 0.3) is 6.08 Å². The number of likely N-dealkylation sites (tertiary alicyclic amines) is 1. The summed E-state index contributed by atoms with van der Waals surface area (Å²) in [6.07, 6.45) is 5.03. The highest BCUT2D eigenvalue weighted by atomic mass is 79.9. The normalized spacial score (nSPS) is 16.6. The molecule has 0 spiro atoms. The van der Waals surface area contributed by atoms with Crippen LogP contribution in [0.2, 0.25) is 0 Å². The molecule has 1 aromatic rings. The van der Waals surface area contributed by atoms with Crippen molar-refractivity contribution in [3.05, 3.63) is 26.9 Å². The van der Waals surface area contributed by atoms with Gasteiger partial charge in [0.05, 0.1) is 3.79 Å². The number of carbonyl (C=O) groups is 2. The maximum atomic E-state index is 11.8. The number of hydrogen-bond acceptors (Lipinski definition) is 3. The third-order valence-corrected chi connectivity index (χ3v) is 4.87. The smallest absolute Gasteiger partial charge is 0.244 e. The van der Waals surface area contributed by atoms with Gasteiger partial charge in [0.25, 0.3) is 0 Å². The van der Waals surface area contributed by atoms with E-state index in [0.29, 0.717) is 0 Å². The van der Waals surface area contributed by atoms with Crippen molar-refractivity contribution >= 4 is 45.2 Å². The van der Waals surface area contributed by atoms with Gasteiger partial charge in [0.2, 0.25) is 11.8 Å². The molecule has 1 saturated heterocycles. The molecule has 0 unspecified atom stereocenters. The van der Waals surface area contributed by atoms with Gasteiger partial charge >= 0.3 is 0 Å². The fourth-order valence-corrected chi connectivity index (χ4v) is 3.49. The summed E-state index contributed by atoms with van der Waals surface area (Å²) in [5.41, 5.74) is 0. The first-order valence-electron chi connectivity index (χ1n) is 6.54. The van der Waals surface area contributed by atoms with Crippen molar-refractivity contribution in [3.63, 3.8) is 0 Å². The minimum absolute atomic E-state index is 0.0733. The van der Waals surface area contributed by atoms with Gasteiger partial charge in [0.1, 0.15) is 0 Å². The summed E-state index contributed by atoms with van der Waals surface area (Å²) in [5.74, 6) is 0.0359. The molecule has 1 aromatic heterocycles. The molecule has 4 nitrogen and oxygen atoms in total. The average molecular weight is 357 g/mol. The first-order valence-corrected chi connectivity index (χ1v) is 8.15. The Labute approximate surface area is 131 Å². The zero-order valence-corrected chi connectivity index (χ0v) is 13.7. The lowest BCUT2D eigenvalue weighted by atomic mass is 10.1. The monoisotopic (exact) mass is 356 g/mol. The maximum absolute atomic E-state index is 11.8. The van der Waals surface area contributed by atoms with Gasteiger partial charge in [-0.05, 0) is 47.0 Å². The predicted molar refractivity (Wildman–Crippen MR) is 84.5 cm³/mol. The maximum Gasteiger partial charge on any atom is 0.244 e. The Balaban J connectivity index is 1.78. The van der Waals surface area contributed by atoms with Gasteiger partial charge in [-0.25, -0.2) is 0 Å². The molecule has 0 radical (unpaired) electrons. The van der Waals surface area contributed by atoms with Crippen molar-refractivity contribution in [1.29, 1.82) is 0 Å². The van der Waals surface area contributed by atoms with E-state index in [0.717, 1.165) is 34.6 Å². The summed E-state index contributed by atoms with van der Waals surface area (Å²) >= 11 is 4.97. The zero-order chi connectivity index (χ0) is 14.5. The lowest BCUT2D eigenvalue weighted by molar-refractivity contribution is -0.129. The second kappa shape index (κ2) is 7.04. The fourth-order valence-electron chi connectivity index (χ4n) is 2.16. The van der Waals surface area contributed by atoms with Crippen LogP contribution in [-0.4, -0.2) is 35.8 Å². The topological polar surface area (TPSA) is 49.4 Å². The standard InChI is InChI=1S/C14H17BrN2O2S/c1-10(18)17-8-6-11(7-9-17)16-14(19)5-3-12-2-4-13(15)20-12/h2-5,11H,6-9H2,1H3,(H,16,19). The van der Waals surface area contributed by atoms with Crippen molar-refractivity contribution in [1.82, 2.24) is 10.2 Å². The third kappa shape index (κ3) is 4.45. The van der Waals surface area contributed by atoms with Crippen LogP contribution in [0.1, 0.15) is 24.6 Å². The van der Waals surface area contributed by atoms with Crippen LogP contribution in [-0.2, 0) is 9.59 Å². The first-order chi connectivity index (χ1) is 9.54. The molecule has 2 rings (SSSR count). The number of nitrogens with one attached hydrogen (secondary N) is 1. The van der Waals surface area contributed by atoms with Gasteiger partial charge in [-0.3, -0.25) is 9.59 Å². The second-order valence-electron chi connectivity index (χ2n) is 4.76. The van der Waals surface area contributed by atoms with Crippen molar-refractivity contribution in [2.24, 2.45) is 0 Å². The molecular formula is C14H17BrN2O2S. The zero-order valence-electron chi connectivity index (χ0n) is 11.3. The summed E-state index contributed by atoms with van der Waals surface area (Å²) in [5, 5.41) is 2.98. The SMILES string of the molecule is CC(=O)N1CCC(NC(=O)C=Cc2ccc(Br)s2)CC1. The summed E-state index contributed by atoms with van der Waals surface area (Å²) < 4.78 is 1.05. The Hall–Kier alpha value is -1.14. The lowest BCUT2D eigenvalue weighted by Crippen LogP contribution is -2.45. The van der Waals surface area contributed by atoms with Gasteiger partial charge in [-0.15, -0.1) is 11.3 Å². The third-order valence-electron chi connectivity index (χ3n) is 3.28. The highest BCUT2D eigenvalue weighted by Gasteiger charge is 2.21. The molecular weight excluding hydrogens is 340 g/mol. The summed E-state index contributed by atoms with van der Waals surface area (Å²) in [6.45, 7) is 3.03. The molecule has 1 aliphatic heterocycles. The Kier molecular flexibility index (Phi) is 5.37. The number of thiophene rings is 1. The molecule has 0 aromatic carbocycles. The van der Waals surface area contributed by atoms with Gasteiger partial charge in [-0.1, -0.05) is 0 Å². The molecule has 1 N–H and O–H groups in total. The van der Waals surface area contributed by atoms with E-state index < -0.39 is 0 Å². The molecule has 20 heavy (non-hydrogen) atoms. The predicted octanol–water partition coefficient (Wildman–Crippen LogP) is 2.65. The van der Waals surface area contributed by atoms with Gasteiger partial charge in [0, 0.05) is 37.0 Å². The first kappa shape index (κ1) is 15.3. The van der Waals surface area contributed by atoms with Crippen LogP contribution < -0.4 is 5.32 Å². The van der Waals surface area contributed by atoms with Crippen LogP contribution in [0.4, 0.5) is 0 Å². The summed E-state index contributed by atoms with van der Waals surface area (Å²) in [7, 11) is 0. The van der Waals surface area contributed by atoms with Crippen LogP contribution >= 0.6 is 27.3 Å². The Morgan fingerprint density at radius 3 is 2.65 bits per heavy atom. The summed E-state index contributed by atoms with van der Waals surface area (Å²) in [6, 6.07) is 4.08. The number of halogens is 1. The van der Waals surface area contributed by atoms with E-state index in [1.807, 2.05) is 23.1 Å². The van der Waals surface area contributed by atoms with E-state index in [2.05, 4.69) is 21.2 Å². The molecule has 2 amide bonds. The number of rotatable bonds is 3. The molecule has 108 valence electrons. The van der Waals surface area contributed by atoms with Crippen LogP contribution in [0, 0.1) is 0 Å². The van der Waals surface area contributed by atoms with E-state index in [9.17, 15) is 9.59 Å². The minimum Gasteiger partial charge on any atom is -0.350 e. The van der Waals surface area contributed by atoms with E-state index >= 15 is 0 Å². The lowest BCUT2D eigenvalue weighted by Gasteiger charge is -2.31. The highest BCUT2D eigenvalue weighted by molar-refractivity contribution is 9.11. The number of piperidine rings is 1. The number of carbonyl (C=O) groups excluding carboxylic acids is 2. The fraction of sp³-hybridized carbons (Fsp3) is 0.429. The van der Waals surface area contributed by atoms with Crippen LogP contribution in [0.3, 0.4) is 0 Å². The van der Waals surface area contributed by atoms with Gasteiger partial charge in [0.15, 0.2) is 0 Å². The molecule has 1 aliphatic rings. The largest absolute Gasteiger partial charge is 0.350 e. The Morgan fingerprint density at radius 2 is 2.10 bits per heavy atom. The van der Waals surface area contributed by atoms with Gasteiger partial charge < -0.3 is 10.2 Å². The van der Waals surface area contributed by atoms with Crippen molar-refractivity contribution in [3.8, 4) is 0 Å². The molecule has 0 aliphatic carbocycles. The molecule has 0 bridgehead atoms. The molecule has 6 heteroatoms. The number of hydrogen-bond donors (Lipinski definition) is 1. The second-order valence-corrected chi connectivity index (χ2v) is 7.26. The van der Waals surface area contributed by atoms with E-state index in [1.54, 1.807) is 24.3 Å². The quantitative estimate of drug-likeness (QED) is 0.846. The molecule has 0 atom stereocenters. The Morgan fingerprint density at radius 1 is 1.40 bits per heavy atom. The summed E-state index contributed by atoms with van der Waals surface area (Å²) in [4.78, 5) is 25.9. The van der Waals surface area contributed by atoms with E-state index in [-0.39, 0.29) is 17.9 Å². The average Bonchev–Trinajstić information content (AvgIpc) is 2.83.